The van der Waals surface area contributed by atoms with Crippen molar-refractivity contribution in [3.8, 4) is 5.82 Å². The molecule has 1 saturated heterocycles. The van der Waals surface area contributed by atoms with E-state index in [9.17, 15) is 4.79 Å². The fourth-order valence-corrected chi connectivity index (χ4v) is 3.41. The van der Waals surface area contributed by atoms with Gasteiger partial charge in [-0.3, -0.25) is 10.1 Å². The van der Waals surface area contributed by atoms with Crippen LogP contribution in [0.1, 0.15) is 24.2 Å². The molecule has 0 radical (unpaired) electrons. The van der Waals surface area contributed by atoms with E-state index in [0.717, 1.165) is 36.6 Å². The predicted molar refractivity (Wildman–Crippen MR) is 104 cm³/mol. The third kappa shape index (κ3) is 3.98. The first kappa shape index (κ1) is 18.0. The number of aromatic nitrogens is 6. The molecule has 1 fully saturated rings. The summed E-state index contributed by atoms with van der Waals surface area (Å²) in [7, 11) is 0. The molecule has 3 aromatic rings. The predicted octanol–water partition coefficient (Wildman–Crippen LogP) is 1.92. The SMILES string of the molecule is Cc1cc(C)nc(NC(=O)C2CCCN(c3ccc(-n4cccn4)nn3)C2)n1. The number of aryl methyl sites for hydroxylation is 2. The smallest absolute Gasteiger partial charge is 0.231 e. The summed E-state index contributed by atoms with van der Waals surface area (Å²) < 4.78 is 1.66. The van der Waals surface area contributed by atoms with Gasteiger partial charge in [0.2, 0.25) is 11.9 Å². The van der Waals surface area contributed by atoms with Gasteiger partial charge in [-0.2, -0.15) is 5.10 Å². The van der Waals surface area contributed by atoms with E-state index in [4.69, 9.17) is 0 Å². The first-order chi connectivity index (χ1) is 13.6. The van der Waals surface area contributed by atoms with E-state index in [2.05, 4.69) is 35.5 Å². The Bertz CT molecular complexity index is 934. The largest absolute Gasteiger partial charge is 0.354 e. The van der Waals surface area contributed by atoms with Crippen molar-refractivity contribution in [2.24, 2.45) is 5.92 Å². The van der Waals surface area contributed by atoms with Crippen molar-refractivity contribution in [2.45, 2.75) is 26.7 Å². The lowest BCUT2D eigenvalue weighted by Gasteiger charge is -2.32. The first-order valence-electron chi connectivity index (χ1n) is 9.30. The Hall–Kier alpha value is -3.36. The van der Waals surface area contributed by atoms with Gasteiger partial charge in [0.05, 0.1) is 5.92 Å². The van der Waals surface area contributed by atoms with Crippen molar-refractivity contribution < 1.29 is 4.79 Å². The van der Waals surface area contributed by atoms with Gasteiger partial charge in [0.15, 0.2) is 11.6 Å². The molecule has 3 aromatic heterocycles. The van der Waals surface area contributed by atoms with E-state index >= 15 is 0 Å². The van der Waals surface area contributed by atoms with Crippen LogP contribution in [0.25, 0.3) is 5.82 Å². The number of nitrogens with zero attached hydrogens (tertiary/aromatic N) is 7. The first-order valence-corrected chi connectivity index (χ1v) is 9.30. The zero-order valence-corrected chi connectivity index (χ0v) is 15.9. The molecule has 1 aliphatic rings. The molecule has 0 saturated carbocycles. The summed E-state index contributed by atoms with van der Waals surface area (Å²) in [5.41, 5.74) is 1.67. The number of hydrogen-bond acceptors (Lipinski definition) is 7. The quantitative estimate of drug-likeness (QED) is 0.740. The molecule has 1 N–H and O–H groups in total. The third-order valence-electron chi connectivity index (χ3n) is 4.71. The highest BCUT2D eigenvalue weighted by Gasteiger charge is 2.27. The van der Waals surface area contributed by atoms with Crippen molar-refractivity contribution in [3.63, 3.8) is 0 Å². The Balaban J connectivity index is 1.43. The molecule has 28 heavy (non-hydrogen) atoms. The van der Waals surface area contributed by atoms with Crippen molar-refractivity contribution in [2.75, 3.05) is 23.3 Å². The lowest BCUT2D eigenvalue weighted by molar-refractivity contribution is -0.120. The second kappa shape index (κ2) is 7.71. The number of carbonyl (C=O) groups excluding carboxylic acids is 1. The molecule has 0 spiro atoms. The standard InChI is InChI=1S/C19H22N8O/c1-13-11-14(2)22-19(21-13)23-18(28)15-5-3-9-26(12-15)16-6-7-17(25-24-16)27-10-4-8-20-27/h4,6-8,10-11,15H,3,5,9,12H2,1-2H3,(H,21,22,23,28). The van der Waals surface area contributed by atoms with E-state index in [0.29, 0.717) is 18.3 Å². The number of anilines is 2. The average molecular weight is 378 g/mol. The fraction of sp³-hybridized carbons (Fsp3) is 0.368. The van der Waals surface area contributed by atoms with E-state index in [1.54, 1.807) is 10.9 Å². The highest BCUT2D eigenvalue weighted by molar-refractivity contribution is 5.91. The van der Waals surface area contributed by atoms with Gasteiger partial charge in [0.25, 0.3) is 0 Å². The normalized spacial score (nSPS) is 16.8. The van der Waals surface area contributed by atoms with E-state index in [1.165, 1.54) is 0 Å². The summed E-state index contributed by atoms with van der Waals surface area (Å²) >= 11 is 0. The van der Waals surface area contributed by atoms with Gasteiger partial charge in [-0.25, -0.2) is 14.6 Å². The molecule has 0 aromatic carbocycles. The fourth-order valence-electron chi connectivity index (χ4n) is 3.41. The number of nitrogens with one attached hydrogen (secondary N) is 1. The van der Waals surface area contributed by atoms with Crippen LogP contribution in [0, 0.1) is 19.8 Å². The summed E-state index contributed by atoms with van der Waals surface area (Å²) in [6.45, 7) is 5.21. The van der Waals surface area contributed by atoms with Crippen LogP contribution in [0.4, 0.5) is 11.8 Å². The summed E-state index contributed by atoms with van der Waals surface area (Å²) in [5, 5.41) is 15.6. The van der Waals surface area contributed by atoms with Crippen LogP contribution in [-0.4, -0.2) is 48.9 Å². The Morgan fingerprint density at radius 2 is 1.89 bits per heavy atom. The second-order valence-electron chi connectivity index (χ2n) is 6.95. The summed E-state index contributed by atoms with van der Waals surface area (Å²) in [6.07, 6.45) is 5.25. The van der Waals surface area contributed by atoms with Gasteiger partial charge < -0.3 is 4.90 Å². The van der Waals surface area contributed by atoms with Crippen molar-refractivity contribution in [1.29, 1.82) is 0 Å². The topological polar surface area (TPSA) is 102 Å². The molecule has 1 aliphatic heterocycles. The summed E-state index contributed by atoms with van der Waals surface area (Å²) in [4.78, 5) is 23.4. The molecule has 1 unspecified atom stereocenters. The molecule has 0 bridgehead atoms. The Labute approximate surface area is 162 Å². The Morgan fingerprint density at radius 3 is 2.57 bits per heavy atom. The van der Waals surface area contributed by atoms with Crippen LogP contribution in [0.3, 0.4) is 0 Å². The van der Waals surface area contributed by atoms with E-state index in [1.807, 2.05) is 44.3 Å². The molecular formula is C19H22N8O. The van der Waals surface area contributed by atoms with Crippen LogP contribution < -0.4 is 10.2 Å². The lowest BCUT2D eigenvalue weighted by Crippen LogP contribution is -2.41. The van der Waals surface area contributed by atoms with Gasteiger partial charge in [-0.1, -0.05) is 0 Å². The van der Waals surface area contributed by atoms with Gasteiger partial charge >= 0.3 is 0 Å². The molecule has 9 nitrogen and oxygen atoms in total. The molecule has 1 atom stereocenters. The Kier molecular flexibility index (Phi) is 4.96. The zero-order chi connectivity index (χ0) is 19.5. The second-order valence-corrected chi connectivity index (χ2v) is 6.95. The monoisotopic (exact) mass is 378 g/mol. The third-order valence-corrected chi connectivity index (χ3v) is 4.71. The number of carbonyl (C=O) groups is 1. The van der Waals surface area contributed by atoms with Crippen LogP contribution in [0.5, 0.6) is 0 Å². The highest BCUT2D eigenvalue weighted by atomic mass is 16.2. The van der Waals surface area contributed by atoms with Crippen molar-refractivity contribution in [1.82, 2.24) is 29.9 Å². The molecular weight excluding hydrogens is 356 g/mol. The van der Waals surface area contributed by atoms with Crippen LogP contribution in [0.15, 0.2) is 36.7 Å². The Morgan fingerprint density at radius 1 is 1.14 bits per heavy atom. The number of hydrogen-bond donors (Lipinski definition) is 1. The summed E-state index contributed by atoms with van der Waals surface area (Å²) in [6, 6.07) is 7.51. The molecule has 0 aliphatic carbocycles. The van der Waals surface area contributed by atoms with E-state index in [-0.39, 0.29) is 11.8 Å². The molecule has 1 amide bonds. The maximum Gasteiger partial charge on any atom is 0.231 e. The number of rotatable bonds is 4. The van der Waals surface area contributed by atoms with Gasteiger partial charge in [0, 0.05) is 36.9 Å². The number of piperidine rings is 1. The zero-order valence-electron chi connectivity index (χ0n) is 15.9. The van der Waals surface area contributed by atoms with Crippen molar-refractivity contribution >= 4 is 17.7 Å². The molecule has 4 heterocycles. The summed E-state index contributed by atoms with van der Waals surface area (Å²) in [5.74, 6) is 1.58. The minimum atomic E-state index is -0.147. The van der Waals surface area contributed by atoms with Gasteiger partial charge in [-0.15, -0.1) is 10.2 Å². The maximum absolute atomic E-state index is 12.7. The lowest BCUT2D eigenvalue weighted by atomic mass is 9.97. The number of amides is 1. The average Bonchev–Trinajstić information content (AvgIpc) is 3.22. The molecule has 4 rings (SSSR count). The van der Waals surface area contributed by atoms with E-state index < -0.39 is 0 Å². The minimum absolute atomic E-state index is 0.0594. The molecule has 9 heteroatoms. The highest BCUT2D eigenvalue weighted by Crippen LogP contribution is 2.22. The van der Waals surface area contributed by atoms with Gasteiger partial charge in [-0.05, 0) is 51.0 Å². The van der Waals surface area contributed by atoms with Gasteiger partial charge in [0.1, 0.15) is 0 Å². The molecule has 144 valence electrons. The van der Waals surface area contributed by atoms with Crippen LogP contribution >= 0.6 is 0 Å². The maximum atomic E-state index is 12.7. The minimum Gasteiger partial charge on any atom is -0.354 e. The van der Waals surface area contributed by atoms with Crippen LogP contribution in [0.2, 0.25) is 0 Å². The van der Waals surface area contributed by atoms with Crippen molar-refractivity contribution in [3.05, 3.63) is 48.0 Å². The van der Waals surface area contributed by atoms with Crippen LogP contribution in [-0.2, 0) is 4.79 Å².